The zero-order chi connectivity index (χ0) is 23.2. The predicted octanol–water partition coefficient (Wildman–Crippen LogP) is 5.86. The second-order valence-corrected chi connectivity index (χ2v) is 8.25. The first-order valence-electron chi connectivity index (χ1n) is 10.2. The van der Waals surface area contributed by atoms with E-state index < -0.39 is 5.82 Å². The molecule has 0 fully saturated rings. The van der Waals surface area contributed by atoms with Gasteiger partial charge in [0.05, 0.1) is 17.4 Å². The van der Waals surface area contributed by atoms with Gasteiger partial charge in [0, 0.05) is 16.9 Å². The third-order valence-electron chi connectivity index (χ3n) is 4.59. The molecule has 0 saturated heterocycles. The van der Waals surface area contributed by atoms with Gasteiger partial charge in [-0.15, -0.1) is 10.2 Å². The number of thioether (sulfide) groups is 1. The van der Waals surface area contributed by atoms with Crippen molar-refractivity contribution in [3.05, 3.63) is 83.6 Å². The number of halogens is 2. The second kappa shape index (κ2) is 10.5. The van der Waals surface area contributed by atoms with Crippen molar-refractivity contribution in [2.75, 3.05) is 17.7 Å². The van der Waals surface area contributed by atoms with E-state index >= 15 is 0 Å². The molecule has 4 aromatic rings. The molecule has 0 atom stereocenters. The van der Waals surface area contributed by atoms with Gasteiger partial charge in [-0.25, -0.2) is 4.39 Å². The van der Waals surface area contributed by atoms with Crippen molar-refractivity contribution in [2.45, 2.75) is 12.1 Å². The summed E-state index contributed by atoms with van der Waals surface area (Å²) in [6.45, 7) is 2.49. The minimum atomic E-state index is -0.417. The van der Waals surface area contributed by atoms with E-state index in [1.54, 1.807) is 12.1 Å². The summed E-state index contributed by atoms with van der Waals surface area (Å²) in [5.41, 5.74) is 1.91. The number of ether oxygens (including phenoxy) is 1. The number of rotatable bonds is 8. The third kappa shape index (κ3) is 5.53. The van der Waals surface area contributed by atoms with Crippen LogP contribution < -0.4 is 10.1 Å². The number of nitrogens with one attached hydrogen (secondary N) is 1. The lowest BCUT2D eigenvalue weighted by molar-refractivity contribution is -0.113. The summed E-state index contributed by atoms with van der Waals surface area (Å²) in [5.74, 6) is 0.662. The van der Waals surface area contributed by atoms with Crippen LogP contribution in [0.1, 0.15) is 6.92 Å². The molecule has 6 nitrogen and oxygen atoms in total. The lowest BCUT2D eigenvalue weighted by Crippen LogP contribution is -2.14. The summed E-state index contributed by atoms with van der Waals surface area (Å²) < 4.78 is 20.8. The predicted molar refractivity (Wildman–Crippen MR) is 129 cm³/mol. The van der Waals surface area contributed by atoms with Crippen molar-refractivity contribution in [2.24, 2.45) is 0 Å². The molecule has 1 heterocycles. The Morgan fingerprint density at radius 3 is 2.61 bits per heavy atom. The first kappa shape index (κ1) is 22.8. The molecule has 33 heavy (non-hydrogen) atoms. The lowest BCUT2D eigenvalue weighted by Gasteiger charge is -2.12. The quantitative estimate of drug-likeness (QED) is 0.319. The van der Waals surface area contributed by atoms with E-state index in [2.05, 4.69) is 15.5 Å². The number of benzene rings is 3. The fraction of sp³-hybridized carbons (Fsp3) is 0.125. The highest BCUT2D eigenvalue weighted by Crippen LogP contribution is 2.32. The number of anilines is 1. The fourth-order valence-corrected chi connectivity index (χ4v) is 4.14. The molecule has 0 aliphatic heterocycles. The Kier molecular flexibility index (Phi) is 7.26. The van der Waals surface area contributed by atoms with Crippen LogP contribution in [-0.4, -0.2) is 33.0 Å². The number of aromatic nitrogens is 3. The van der Waals surface area contributed by atoms with E-state index in [-0.39, 0.29) is 11.7 Å². The molecule has 0 bridgehead atoms. The van der Waals surface area contributed by atoms with Crippen LogP contribution in [-0.2, 0) is 4.79 Å². The van der Waals surface area contributed by atoms with Crippen molar-refractivity contribution in [1.82, 2.24) is 14.8 Å². The van der Waals surface area contributed by atoms with E-state index in [1.165, 1.54) is 30.0 Å². The van der Waals surface area contributed by atoms with Gasteiger partial charge < -0.3 is 10.1 Å². The van der Waals surface area contributed by atoms with Gasteiger partial charge in [-0.05, 0) is 61.5 Å². The molecule has 0 radical (unpaired) electrons. The Morgan fingerprint density at radius 2 is 1.88 bits per heavy atom. The molecule has 0 aliphatic rings. The zero-order valence-corrected chi connectivity index (χ0v) is 19.2. The number of carbonyl (C=O) groups excluding carboxylic acids is 1. The van der Waals surface area contributed by atoms with Gasteiger partial charge in [0.1, 0.15) is 11.6 Å². The van der Waals surface area contributed by atoms with Crippen LogP contribution in [0.25, 0.3) is 17.1 Å². The maximum Gasteiger partial charge on any atom is 0.234 e. The third-order valence-corrected chi connectivity index (χ3v) is 5.85. The summed E-state index contributed by atoms with van der Waals surface area (Å²) in [6.07, 6.45) is 0. The van der Waals surface area contributed by atoms with E-state index in [9.17, 15) is 9.18 Å². The van der Waals surface area contributed by atoms with Gasteiger partial charge in [-0.1, -0.05) is 41.6 Å². The number of hydrogen-bond acceptors (Lipinski definition) is 5. The molecule has 1 amide bonds. The maximum atomic E-state index is 13.4. The number of nitrogens with zero attached hydrogens (tertiary/aromatic N) is 3. The van der Waals surface area contributed by atoms with Gasteiger partial charge in [0.15, 0.2) is 11.0 Å². The van der Waals surface area contributed by atoms with Gasteiger partial charge in [-0.2, -0.15) is 0 Å². The first-order chi connectivity index (χ1) is 16.0. The van der Waals surface area contributed by atoms with Gasteiger partial charge in [0.25, 0.3) is 0 Å². The number of carbonyl (C=O) groups is 1. The van der Waals surface area contributed by atoms with Crippen LogP contribution >= 0.6 is 23.4 Å². The van der Waals surface area contributed by atoms with Crippen LogP contribution in [0.5, 0.6) is 5.75 Å². The summed E-state index contributed by atoms with van der Waals surface area (Å²) in [7, 11) is 0. The molecule has 4 rings (SSSR count). The Bertz CT molecular complexity index is 1260. The molecule has 1 N–H and O–H groups in total. The Morgan fingerprint density at radius 1 is 1.09 bits per heavy atom. The molecule has 1 aromatic heterocycles. The van der Waals surface area contributed by atoms with Crippen molar-refractivity contribution in [3.63, 3.8) is 0 Å². The summed E-state index contributed by atoms with van der Waals surface area (Å²) in [4.78, 5) is 12.4. The highest BCUT2D eigenvalue weighted by atomic mass is 35.5. The van der Waals surface area contributed by atoms with Crippen LogP contribution in [0.4, 0.5) is 10.1 Å². The Balaban J connectivity index is 1.62. The standard InChI is InChI=1S/C24H20ClFN4O2S/c1-2-32-19-12-10-18(11-13-19)30-23(20-8-3-4-9-21(20)25)28-29-24(30)33-15-22(31)27-17-7-5-6-16(26)14-17/h3-14H,2,15H2,1H3,(H,27,31). The molecule has 0 aliphatic carbocycles. The van der Waals surface area contributed by atoms with Crippen LogP contribution in [0.15, 0.2) is 78.0 Å². The van der Waals surface area contributed by atoms with Crippen molar-refractivity contribution < 1.29 is 13.9 Å². The van der Waals surface area contributed by atoms with E-state index in [4.69, 9.17) is 16.3 Å². The molecule has 3 aromatic carbocycles. The SMILES string of the molecule is CCOc1ccc(-n2c(SCC(=O)Nc3cccc(F)c3)nnc2-c2ccccc2Cl)cc1. The average molecular weight is 483 g/mol. The largest absolute Gasteiger partial charge is 0.494 e. The lowest BCUT2D eigenvalue weighted by atomic mass is 10.2. The van der Waals surface area contributed by atoms with Crippen molar-refractivity contribution in [3.8, 4) is 22.8 Å². The normalized spacial score (nSPS) is 10.8. The van der Waals surface area contributed by atoms with E-state index in [0.717, 1.165) is 17.0 Å². The highest BCUT2D eigenvalue weighted by Gasteiger charge is 2.19. The maximum absolute atomic E-state index is 13.4. The topological polar surface area (TPSA) is 69.0 Å². The Labute approximate surface area is 199 Å². The number of hydrogen-bond donors (Lipinski definition) is 1. The van der Waals surface area contributed by atoms with Crippen molar-refractivity contribution >= 4 is 35.0 Å². The van der Waals surface area contributed by atoms with Gasteiger partial charge >= 0.3 is 0 Å². The van der Waals surface area contributed by atoms with Crippen LogP contribution in [0.3, 0.4) is 0 Å². The monoisotopic (exact) mass is 482 g/mol. The average Bonchev–Trinajstić information content (AvgIpc) is 3.22. The van der Waals surface area contributed by atoms with E-state index in [0.29, 0.717) is 28.3 Å². The van der Waals surface area contributed by atoms with Crippen LogP contribution in [0.2, 0.25) is 5.02 Å². The molecular weight excluding hydrogens is 463 g/mol. The van der Waals surface area contributed by atoms with Gasteiger partial charge in [-0.3, -0.25) is 9.36 Å². The summed E-state index contributed by atoms with van der Waals surface area (Å²) in [6, 6.07) is 20.6. The summed E-state index contributed by atoms with van der Waals surface area (Å²) >= 11 is 7.64. The first-order valence-corrected chi connectivity index (χ1v) is 11.5. The minimum Gasteiger partial charge on any atom is -0.494 e. The molecular formula is C24H20ClFN4O2S. The fourth-order valence-electron chi connectivity index (χ4n) is 3.16. The number of amides is 1. The molecule has 0 spiro atoms. The molecule has 9 heteroatoms. The molecule has 0 unspecified atom stereocenters. The second-order valence-electron chi connectivity index (χ2n) is 6.90. The van der Waals surface area contributed by atoms with Crippen molar-refractivity contribution in [1.29, 1.82) is 0 Å². The molecule has 168 valence electrons. The van der Waals surface area contributed by atoms with E-state index in [1.807, 2.05) is 54.0 Å². The zero-order valence-electron chi connectivity index (χ0n) is 17.7. The smallest absolute Gasteiger partial charge is 0.234 e. The molecule has 0 saturated carbocycles. The minimum absolute atomic E-state index is 0.0637. The Hall–Kier alpha value is -3.36. The van der Waals surface area contributed by atoms with Crippen LogP contribution in [0, 0.1) is 5.82 Å². The van der Waals surface area contributed by atoms with Gasteiger partial charge in [0.2, 0.25) is 5.91 Å². The highest BCUT2D eigenvalue weighted by molar-refractivity contribution is 7.99. The summed E-state index contributed by atoms with van der Waals surface area (Å²) in [5, 5.41) is 12.4.